The summed E-state index contributed by atoms with van der Waals surface area (Å²) in [5.41, 5.74) is 1.04. The van der Waals surface area contributed by atoms with Crippen LogP contribution in [0.15, 0.2) is 34.9 Å². The van der Waals surface area contributed by atoms with Crippen LogP contribution in [0.25, 0.3) is 0 Å². The molecule has 2 heterocycles. The van der Waals surface area contributed by atoms with Crippen molar-refractivity contribution in [2.75, 3.05) is 26.7 Å². The van der Waals surface area contributed by atoms with E-state index >= 15 is 0 Å². The Labute approximate surface area is 158 Å². The van der Waals surface area contributed by atoms with Crippen LogP contribution in [0.4, 0.5) is 0 Å². The minimum atomic E-state index is -0.203. The van der Waals surface area contributed by atoms with Crippen molar-refractivity contribution in [3.63, 3.8) is 0 Å². The van der Waals surface area contributed by atoms with Crippen LogP contribution in [-0.2, 0) is 16.0 Å². The first kappa shape index (κ1) is 18.9. The van der Waals surface area contributed by atoms with Crippen molar-refractivity contribution in [3.8, 4) is 5.75 Å². The molecule has 1 unspecified atom stereocenters. The van der Waals surface area contributed by atoms with Gasteiger partial charge >= 0.3 is 0 Å². The fraction of sp³-hybridized carbons (Fsp3) is 0.450. The largest absolute Gasteiger partial charge is 0.496 e. The molecule has 1 aliphatic heterocycles. The lowest BCUT2D eigenvalue weighted by Gasteiger charge is -2.31. The lowest BCUT2D eigenvalue weighted by Crippen LogP contribution is -2.44. The maximum Gasteiger partial charge on any atom is 0.241 e. The Hall–Kier alpha value is -2.83. The van der Waals surface area contributed by atoms with E-state index in [1.165, 1.54) is 6.92 Å². The number of rotatable bonds is 6. The van der Waals surface area contributed by atoms with E-state index in [9.17, 15) is 9.59 Å². The van der Waals surface area contributed by atoms with Crippen LogP contribution >= 0.6 is 0 Å². The van der Waals surface area contributed by atoms with Gasteiger partial charge in [-0.15, -0.1) is 0 Å². The highest BCUT2D eigenvalue weighted by atomic mass is 16.5. The number of hydrogen-bond acceptors (Lipinski definition) is 5. The van der Waals surface area contributed by atoms with Crippen LogP contribution in [0, 0.1) is 0 Å². The first-order valence-corrected chi connectivity index (χ1v) is 9.15. The number of carbonyl (C=O) groups is 2. The molecule has 1 N–H and O–H groups in total. The molecule has 0 spiro atoms. The first-order chi connectivity index (χ1) is 13.1. The fourth-order valence-corrected chi connectivity index (χ4v) is 3.35. The van der Waals surface area contributed by atoms with Crippen LogP contribution in [0.5, 0.6) is 5.75 Å². The molecule has 0 bridgehead atoms. The van der Waals surface area contributed by atoms with Crippen molar-refractivity contribution in [1.29, 1.82) is 0 Å². The molecule has 7 nitrogen and oxygen atoms in total. The number of amides is 2. The maximum absolute atomic E-state index is 12.2. The molecule has 0 radical (unpaired) electrons. The monoisotopic (exact) mass is 371 g/mol. The summed E-state index contributed by atoms with van der Waals surface area (Å²) >= 11 is 0. The summed E-state index contributed by atoms with van der Waals surface area (Å²) in [5.74, 6) is 2.06. The molecular formula is C20H25N3O4. The van der Waals surface area contributed by atoms with E-state index in [2.05, 4.69) is 10.3 Å². The molecule has 3 rings (SSSR count). The molecule has 1 aromatic carbocycles. The summed E-state index contributed by atoms with van der Waals surface area (Å²) in [5, 5.41) is 2.56. The number of methoxy groups -OCH3 is 1. The zero-order valence-corrected chi connectivity index (χ0v) is 15.7. The average Bonchev–Trinajstić information content (AvgIpc) is 3.15. The SMILES string of the molecule is COc1ccccc1Cc1cnc(C2CCCN(C(=O)CNC(C)=O)C2)o1. The van der Waals surface area contributed by atoms with Crippen molar-refractivity contribution in [3.05, 3.63) is 47.7 Å². The predicted molar refractivity (Wildman–Crippen MR) is 99.5 cm³/mol. The molecule has 0 saturated carbocycles. The van der Waals surface area contributed by atoms with Crippen molar-refractivity contribution >= 4 is 11.8 Å². The van der Waals surface area contributed by atoms with Gasteiger partial charge in [-0.1, -0.05) is 18.2 Å². The zero-order valence-electron chi connectivity index (χ0n) is 15.7. The minimum Gasteiger partial charge on any atom is -0.496 e. The third-order valence-electron chi connectivity index (χ3n) is 4.74. The summed E-state index contributed by atoms with van der Waals surface area (Å²) < 4.78 is 11.4. The van der Waals surface area contributed by atoms with Gasteiger partial charge in [0.15, 0.2) is 5.89 Å². The number of benzene rings is 1. The average molecular weight is 371 g/mol. The van der Waals surface area contributed by atoms with E-state index in [-0.39, 0.29) is 24.3 Å². The van der Waals surface area contributed by atoms with Gasteiger partial charge in [0.05, 0.1) is 25.8 Å². The standard InChI is InChI=1S/C20H25N3O4/c1-14(24)21-12-19(25)23-9-5-7-16(13-23)20-22-11-17(27-20)10-15-6-3-4-8-18(15)26-2/h3-4,6,8,11,16H,5,7,9-10,12-13H2,1-2H3,(H,21,24). The second kappa shape index (κ2) is 8.70. The predicted octanol–water partition coefficient (Wildman–Crippen LogP) is 2.12. The molecule has 1 fully saturated rings. The number of nitrogens with one attached hydrogen (secondary N) is 1. The Bertz CT molecular complexity index is 802. The Morgan fingerprint density at radius 1 is 1.37 bits per heavy atom. The van der Waals surface area contributed by atoms with Gasteiger partial charge in [-0.2, -0.15) is 0 Å². The van der Waals surface area contributed by atoms with Gasteiger partial charge < -0.3 is 19.4 Å². The molecule has 27 heavy (non-hydrogen) atoms. The number of likely N-dealkylation sites (tertiary alicyclic amines) is 1. The van der Waals surface area contributed by atoms with Gasteiger partial charge in [0.1, 0.15) is 11.5 Å². The van der Waals surface area contributed by atoms with E-state index in [1.807, 2.05) is 24.3 Å². The number of nitrogens with zero attached hydrogens (tertiary/aromatic N) is 2. The number of aromatic nitrogens is 1. The quantitative estimate of drug-likeness (QED) is 0.841. The molecule has 0 aliphatic carbocycles. The topological polar surface area (TPSA) is 84.7 Å². The summed E-state index contributed by atoms with van der Waals surface area (Å²) in [7, 11) is 1.65. The highest BCUT2D eigenvalue weighted by molar-refractivity contribution is 5.83. The highest BCUT2D eigenvalue weighted by Crippen LogP contribution is 2.28. The van der Waals surface area contributed by atoms with E-state index in [0.29, 0.717) is 25.4 Å². The molecule has 7 heteroatoms. The van der Waals surface area contributed by atoms with Crippen LogP contribution < -0.4 is 10.1 Å². The van der Waals surface area contributed by atoms with Crippen molar-refractivity contribution < 1.29 is 18.7 Å². The van der Waals surface area contributed by atoms with Crippen LogP contribution in [0.2, 0.25) is 0 Å². The summed E-state index contributed by atoms with van der Waals surface area (Å²) in [6.45, 7) is 2.70. The van der Waals surface area contributed by atoms with E-state index in [4.69, 9.17) is 9.15 Å². The Morgan fingerprint density at radius 2 is 2.19 bits per heavy atom. The Kier molecular flexibility index (Phi) is 6.11. The van der Waals surface area contributed by atoms with E-state index < -0.39 is 0 Å². The first-order valence-electron chi connectivity index (χ1n) is 9.15. The fourth-order valence-electron chi connectivity index (χ4n) is 3.35. The number of oxazole rings is 1. The highest BCUT2D eigenvalue weighted by Gasteiger charge is 2.27. The van der Waals surface area contributed by atoms with E-state index in [1.54, 1.807) is 18.2 Å². The third-order valence-corrected chi connectivity index (χ3v) is 4.74. The number of para-hydroxylation sites is 1. The number of ether oxygens (including phenoxy) is 1. The third kappa shape index (κ3) is 4.87. The second-order valence-corrected chi connectivity index (χ2v) is 6.74. The van der Waals surface area contributed by atoms with Crippen LogP contribution in [0.3, 0.4) is 0 Å². The van der Waals surface area contributed by atoms with Gasteiger partial charge in [-0.25, -0.2) is 4.98 Å². The lowest BCUT2D eigenvalue weighted by molar-refractivity contribution is -0.133. The van der Waals surface area contributed by atoms with Crippen molar-refractivity contribution in [2.24, 2.45) is 0 Å². The molecule has 1 saturated heterocycles. The van der Waals surface area contributed by atoms with Gasteiger partial charge in [-0.3, -0.25) is 9.59 Å². The molecular weight excluding hydrogens is 346 g/mol. The van der Waals surface area contributed by atoms with Crippen molar-refractivity contribution in [2.45, 2.75) is 32.1 Å². The van der Waals surface area contributed by atoms with Gasteiger partial charge in [0, 0.05) is 32.0 Å². The number of carbonyl (C=O) groups excluding carboxylic acids is 2. The van der Waals surface area contributed by atoms with Gasteiger partial charge in [0.25, 0.3) is 0 Å². The van der Waals surface area contributed by atoms with Gasteiger partial charge in [0.2, 0.25) is 11.8 Å². The number of hydrogen-bond donors (Lipinski definition) is 1. The molecule has 2 amide bonds. The molecule has 2 aromatic rings. The van der Waals surface area contributed by atoms with Crippen LogP contribution in [0.1, 0.15) is 42.9 Å². The molecule has 1 aliphatic rings. The maximum atomic E-state index is 12.2. The van der Waals surface area contributed by atoms with E-state index in [0.717, 1.165) is 29.9 Å². The van der Waals surface area contributed by atoms with Crippen molar-refractivity contribution in [1.82, 2.24) is 15.2 Å². The Morgan fingerprint density at radius 3 is 2.96 bits per heavy atom. The number of piperidine rings is 1. The normalized spacial score (nSPS) is 16.8. The van der Waals surface area contributed by atoms with Crippen LogP contribution in [-0.4, -0.2) is 48.4 Å². The summed E-state index contributed by atoms with van der Waals surface area (Å²) in [6.07, 6.45) is 4.17. The Balaban J connectivity index is 1.63. The lowest BCUT2D eigenvalue weighted by atomic mass is 9.98. The second-order valence-electron chi connectivity index (χ2n) is 6.74. The summed E-state index contributed by atoms with van der Waals surface area (Å²) in [6, 6.07) is 7.83. The summed E-state index contributed by atoms with van der Waals surface area (Å²) in [4.78, 5) is 29.5. The smallest absolute Gasteiger partial charge is 0.241 e. The molecule has 1 atom stereocenters. The molecule has 1 aromatic heterocycles. The zero-order chi connectivity index (χ0) is 19.2. The van der Waals surface area contributed by atoms with Gasteiger partial charge in [-0.05, 0) is 18.9 Å². The molecule has 144 valence electrons. The minimum absolute atomic E-state index is 0.0344.